The van der Waals surface area contributed by atoms with Crippen molar-refractivity contribution in [2.45, 2.75) is 25.3 Å². The van der Waals surface area contributed by atoms with Gasteiger partial charge in [0.15, 0.2) is 0 Å². The number of carbonyl (C=O) groups excluding carboxylic acids is 1. The van der Waals surface area contributed by atoms with Crippen LogP contribution in [0.4, 0.5) is 4.79 Å². The molecule has 0 spiro atoms. The molecule has 0 unspecified atom stereocenters. The molecule has 17 heavy (non-hydrogen) atoms. The van der Waals surface area contributed by atoms with E-state index in [0.29, 0.717) is 25.8 Å². The van der Waals surface area contributed by atoms with E-state index in [-0.39, 0.29) is 0 Å². The number of carbonyl (C=O) groups is 2. The molecule has 0 saturated heterocycles. The van der Waals surface area contributed by atoms with Crippen molar-refractivity contribution >= 4 is 12.0 Å². The number of rotatable bonds is 6. The third-order valence-corrected chi connectivity index (χ3v) is 2.14. The zero-order valence-electron chi connectivity index (χ0n) is 9.24. The minimum atomic E-state index is -1.00. The SMILES string of the molecule is N[C@@H](CCCCNC(=O)n1nccn1)C(=O)O. The molecular weight excluding hydrogens is 226 g/mol. The predicted molar refractivity (Wildman–Crippen MR) is 58.3 cm³/mol. The van der Waals surface area contributed by atoms with Crippen LogP contribution in [0.25, 0.3) is 0 Å². The molecule has 0 bridgehead atoms. The van der Waals surface area contributed by atoms with Crippen LogP contribution in [0.2, 0.25) is 0 Å². The molecule has 1 rings (SSSR count). The molecule has 0 aliphatic carbocycles. The fourth-order valence-electron chi connectivity index (χ4n) is 1.20. The zero-order chi connectivity index (χ0) is 12.7. The highest BCUT2D eigenvalue weighted by molar-refractivity contribution is 5.74. The third kappa shape index (κ3) is 4.60. The summed E-state index contributed by atoms with van der Waals surface area (Å²) in [7, 11) is 0. The molecule has 1 heterocycles. The van der Waals surface area contributed by atoms with Gasteiger partial charge in [-0.25, -0.2) is 4.79 Å². The summed E-state index contributed by atoms with van der Waals surface area (Å²) < 4.78 is 0. The molecule has 1 atom stereocenters. The summed E-state index contributed by atoms with van der Waals surface area (Å²) in [4.78, 5) is 22.7. The number of nitrogens with one attached hydrogen (secondary N) is 1. The van der Waals surface area contributed by atoms with Crippen LogP contribution in [0, 0.1) is 0 Å². The van der Waals surface area contributed by atoms with Crippen molar-refractivity contribution < 1.29 is 14.7 Å². The van der Waals surface area contributed by atoms with Crippen molar-refractivity contribution in [3.05, 3.63) is 12.4 Å². The van der Waals surface area contributed by atoms with Crippen LogP contribution in [0.1, 0.15) is 19.3 Å². The van der Waals surface area contributed by atoms with Crippen molar-refractivity contribution in [1.29, 1.82) is 0 Å². The summed E-state index contributed by atoms with van der Waals surface area (Å²) in [5, 5.41) is 18.5. The highest BCUT2D eigenvalue weighted by Gasteiger charge is 2.10. The van der Waals surface area contributed by atoms with Crippen LogP contribution in [-0.4, -0.2) is 44.7 Å². The monoisotopic (exact) mass is 241 g/mol. The molecule has 0 aliphatic heterocycles. The average Bonchev–Trinajstić information content (AvgIpc) is 2.81. The van der Waals surface area contributed by atoms with E-state index in [0.717, 1.165) is 4.80 Å². The van der Waals surface area contributed by atoms with Crippen LogP contribution in [-0.2, 0) is 4.79 Å². The number of amides is 1. The Morgan fingerprint density at radius 1 is 1.35 bits per heavy atom. The minimum Gasteiger partial charge on any atom is -0.480 e. The molecule has 0 radical (unpaired) electrons. The first-order chi connectivity index (χ1) is 8.11. The van der Waals surface area contributed by atoms with Gasteiger partial charge >= 0.3 is 12.0 Å². The highest BCUT2D eigenvalue weighted by Crippen LogP contribution is 1.98. The highest BCUT2D eigenvalue weighted by atomic mass is 16.4. The summed E-state index contributed by atoms with van der Waals surface area (Å²) in [6.45, 7) is 0.437. The molecule has 1 aromatic heterocycles. The maximum absolute atomic E-state index is 11.3. The van der Waals surface area contributed by atoms with Gasteiger partial charge in [-0.3, -0.25) is 4.79 Å². The Balaban J connectivity index is 2.09. The van der Waals surface area contributed by atoms with E-state index in [2.05, 4.69) is 15.5 Å². The number of carboxylic acids is 1. The van der Waals surface area contributed by atoms with Gasteiger partial charge in [0.2, 0.25) is 0 Å². The van der Waals surface area contributed by atoms with Crippen molar-refractivity contribution in [1.82, 2.24) is 20.3 Å². The van der Waals surface area contributed by atoms with E-state index >= 15 is 0 Å². The number of nitrogens with zero attached hydrogens (tertiary/aromatic N) is 3. The van der Waals surface area contributed by atoms with E-state index in [1.54, 1.807) is 0 Å². The van der Waals surface area contributed by atoms with Crippen LogP contribution >= 0.6 is 0 Å². The lowest BCUT2D eigenvalue weighted by molar-refractivity contribution is -0.138. The lowest BCUT2D eigenvalue weighted by atomic mass is 10.1. The average molecular weight is 241 g/mol. The smallest absolute Gasteiger partial charge is 0.359 e. The molecule has 0 saturated carbocycles. The number of nitrogens with two attached hydrogens (primary N) is 1. The molecule has 0 aliphatic rings. The van der Waals surface area contributed by atoms with E-state index < -0.39 is 18.0 Å². The molecule has 1 amide bonds. The van der Waals surface area contributed by atoms with E-state index in [1.165, 1.54) is 12.4 Å². The maximum Gasteiger partial charge on any atom is 0.359 e. The first kappa shape index (κ1) is 13.1. The molecule has 4 N–H and O–H groups in total. The Hall–Kier alpha value is -1.96. The van der Waals surface area contributed by atoms with Gasteiger partial charge in [-0.15, -0.1) is 0 Å². The Morgan fingerprint density at radius 2 is 2.00 bits per heavy atom. The summed E-state index contributed by atoms with van der Waals surface area (Å²) in [6.07, 6.45) is 4.51. The Bertz CT molecular complexity index is 365. The van der Waals surface area contributed by atoms with Crippen LogP contribution in [0.3, 0.4) is 0 Å². The Kier molecular flexibility index (Phi) is 5.08. The minimum absolute atomic E-state index is 0.394. The van der Waals surface area contributed by atoms with Gasteiger partial charge in [0.25, 0.3) is 0 Å². The molecular formula is C9H15N5O3. The van der Waals surface area contributed by atoms with Gasteiger partial charge in [-0.2, -0.15) is 10.2 Å². The van der Waals surface area contributed by atoms with Crippen LogP contribution < -0.4 is 11.1 Å². The molecule has 0 fully saturated rings. The van der Waals surface area contributed by atoms with Gasteiger partial charge in [-0.05, 0) is 19.3 Å². The Labute approximate surface area is 97.8 Å². The number of carboxylic acid groups (broad SMARTS) is 1. The quantitative estimate of drug-likeness (QED) is 0.572. The zero-order valence-corrected chi connectivity index (χ0v) is 9.24. The van der Waals surface area contributed by atoms with Crippen molar-refractivity contribution in [3.8, 4) is 0 Å². The van der Waals surface area contributed by atoms with E-state index in [9.17, 15) is 9.59 Å². The van der Waals surface area contributed by atoms with Gasteiger partial charge in [-0.1, -0.05) is 4.80 Å². The fraction of sp³-hybridized carbons (Fsp3) is 0.556. The molecule has 8 nitrogen and oxygen atoms in total. The molecule has 1 aromatic rings. The van der Waals surface area contributed by atoms with E-state index in [1.807, 2.05) is 0 Å². The number of aromatic nitrogens is 3. The van der Waals surface area contributed by atoms with Crippen LogP contribution in [0.5, 0.6) is 0 Å². The van der Waals surface area contributed by atoms with Crippen LogP contribution in [0.15, 0.2) is 12.4 Å². The molecule has 94 valence electrons. The topological polar surface area (TPSA) is 123 Å². The predicted octanol–water partition coefficient (Wildman–Crippen LogP) is -0.582. The first-order valence-corrected chi connectivity index (χ1v) is 5.24. The summed E-state index contributed by atoms with van der Waals surface area (Å²) >= 11 is 0. The number of aliphatic carboxylic acids is 1. The van der Waals surface area contributed by atoms with Crippen molar-refractivity contribution in [2.24, 2.45) is 5.73 Å². The molecule has 8 heteroatoms. The van der Waals surface area contributed by atoms with Gasteiger partial charge in [0.1, 0.15) is 6.04 Å². The lowest BCUT2D eigenvalue weighted by Crippen LogP contribution is -2.32. The second-order valence-electron chi connectivity index (χ2n) is 3.49. The van der Waals surface area contributed by atoms with E-state index in [4.69, 9.17) is 10.8 Å². The summed E-state index contributed by atoms with van der Waals surface area (Å²) in [6, 6.07) is -1.24. The largest absolute Gasteiger partial charge is 0.480 e. The van der Waals surface area contributed by atoms with Gasteiger partial charge in [0, 0.05) is 6.54 Å². The fourth-order valence-corrected chi connectivity index (χ4v) is 1.20. The Morgan fingerprint density at radius 3 is 2.59 bits per heavy atom. The van der Waals surface area contributed by atoms with Gasteiger partial charge < -0.3 is 16.2 Å². The standard InChI is InChI=1S/C9H15N5O3/c10-7(8(15)16)3-1-2-4-11-9(17)14-12-5-6-13-14/h5-7H,1-4,10H2,(H,11,17)(H,15,16)/t7-/m0/s1. The third-order valence-electron chi connectivity index (χ3n) is 2.14. The number of unbranched alkanes of at least 4 members (excludes halogenated alkanes) is 1. The number of hydrogen-bond donors (Lipinski definition) is 3. The molecule has 0 aromatic carbocycles. The summed E-state index contributed by atoms with van der Waals surface area (Å²) in [5.74, 6) is -1.00. The summed E-state index contributed by atoms with van der Waals surface area (Å²) in [5.41, 5.74) is 5.32. The maximum atomic E-state index is 11.3. The first-order valence-electron chi connectivity index (χ1n) is 5.24. The number of hydrogen-bond acceptors (Lipinski definition) is 5. The lowest BCUT2D eigenvalue weighted by Gasteiger charge is -2.06. The normalized spacial score (nSPS) is 12.1. The second kappa shape index (κ2) is 6.59. The van der Waals surface area contributed by atoms with Crippen molar-refractivity contribution in [2.75, 3.05) is 6.54 Å². The van der Waals surface area contributed by atoms with Crippen molar-refractivity contribution in [3.63, 3.8) is 0 Å². The second-order valence-corrected chi connectivity index (χ2v) is 3.49. The van der Waals surface area contributed by atoms with Gasteiger partial charge in [0.05, 0.1) is 12.4 Å².